The lowest BCUT2D eigenvalue weighted by Crippen LogP contribution is -2.40. The molecule has 0 N–H and O–H groups in total. The third-order valence-corrected chi connectivity index (χ3v) is 11.8. The summed E-state index contributed by atoms with van der Waals surface area (Å²) in [4.78, 5) is 0. The normalized spacial score (nSPS) is 13.0. The Bertz CT molecular complexity index is 683. The largest absolute Gasteiger partial charge is 0.394 e. The predicted octanol–water partition coefficient (Wildman–Crippen LogP) is 16.1. The summed E-state index contributed by atoms with van der Waals surface area (Å²) in [7, 11) is -2.20. The number of alkyl halides is 1. The number of unbranched alkanes of at least 4 members (excludes halogenated alkanes) is 26. The zero-order valence-corrected chi connectivity index (χ0v) is 36.3. The Morgan fingerprint density at radius 1 is 0.449 bits per heavy atom. The molecule has 1 unspecified atom stereocenters. The Morgan fingerprint density at radius 2 is 0.816 bits per heavy atom. The van der Waals surface area contributed by atoms with Gasteiger partial charge in [0, 0.05) is 18.5 Å². The zero-order valence-electron chi connectivity index (χ0n) is 33.7. The fourth-order valence-electron chi connectivity index (χ4n) is 6.34. The maximum Gasteiger partial charge on any atom is 0.333 e. The summed E-state index contributed by atoms with van der Waals surface area (Å²) < 4.78 is 19.3. The third kappa shape index (κ3) is 40.7. The van der Waals surface area contributed by atoms with Crippen molar-refractivity contribution >= 4 is 24.5 Å². The van der Waals surface area contributed by atoms with Crippen molar-refractivity contribution in [3.05, 3.63) is 24.3 Å². The van der Waals surface area contributed by atoms with Crippen LogP contribution in [0.4, 0.5) is 0 Å². The average molecular weight is 772 g/mol. The number of rotatable bonds is 41. The molecule has 0 aliphatic carbocycles. The van der Waals surface area contributed by atoms with Crippen LogP contribution in [0.5, 0.6) is 0 Å². The van der Waals surface area contributed by atoms with Gasteiger partial charge in [0.25, 0.3) is 0 Å². The first kappa shape index (κ1) is 49.1. The van der Waals surface area contributed by atoms with E-state index in [-0.39, 0.29) is 6.29 Å². The first-order valence-electron chi connectivity index (χ1n) is 21.8. The van der Waals surface area contributed by atoms with Crippen molar-refractivity contribution in [2.45, 2.75) is 239 Å². The molecule has 292 valence electrons. The lowest BCUT2D eigenvalue weighted by atomic mass is 10.1. The summed E-state index contributed by atoms with van der Waals surface area (Å²) in [6, 6.07) is 0. The second-order valence-corrected chi connectivity index (χ2v) is 19.2. The standard InChI is InChI=1S/C44H87BrO3Si/c1-5-7-9-11-13-15-17-19-21-23-25-27-29-31-34-38-42-46-44(48-49(3,4)47-43-39-35-33-37-41-45)40-36-32-30-28-26-24-22-20-18-16-14-12-10-8-6-2/h19-22,44H,5-18,23-43H2,1-4H3/b21-19-,22-20-. The Kier molecular flexibility index (Phi) is 40.9. The van der Waals surface area contributed by atoms with E-state index < -0.39 is 8.56 Å². The van der Waals surface area contributed by atoms with Gasteiger partial charge in [-0.15, -0.1) is 0 Å². The quantitative estimate of drug-likeness (QED) is 0.0204. The van der Waals surface area contributed by atoms with E-state index in [4.69, 9.17) is 13.6 Å². The Labute approximate surface area is 318 Å². The molecule has 1 atom stereocenters. The van der Waals surface area contributed by atoms with Crippen molar-refractivity contribution < 1.29 is 13.6 Å². The molecule has 0 aliphatic heterocycles. The molecule has 0 spiro atoms. The van der Waals surface area contributed by atoms with E-state index in [1.165, 1.54) is 186 Å². The van der Waals surface area contributed by atoms with Crippen molar-refractivity contribution in [3.8, 4) is 0 Å². The lowest BCUT2D eigenvalue weighted by Gasteiger charge is -2.29. The summed E-state index contributed by atoms with van der Waals surface area (Å²) >= 11 is 3.54. The van der Waals surface area contributed by atoms with E-state index in [0.29, 0.717) is 0 Å². The van der Waals surface area contributed by atoms with Crippen LogP contribution in [0.25, 0.3) is 0 Å². The molecule has 49 heavy (non-hydrogen) atoms. The summed E-state index contributed by atoms with van der Waals surface area (Å²) in [6.45, 7) is 10.6. The highest BCUT2D eigenvalue weighted by Gasteiger charge is 2.29. The van der Waals surface area contributed by atoms with Gasteiger partial charge in [0.2, 0.25) is 0 Å². The van der Waals surface area contributed by atoms with Gasteiger partial charge in [0.1, 0.15) is 6.29 Å². The SMILES string of the molecule is CCCCCCCC/C=C\CCCCCCCCOC(CCCCCCC/C=C\CCCCCCCC)O[Si](C)(C)OCCCCCCBr. The average Bonchev–Trinajstić information content (AvgIpc) is 3.09. The van der Waals surface area contributed by atoms with E-state index in [1.807, 2.05) is 0 Å². The smallest absolute Gasteiger partial charge is 0.333 e. The van der Waals surface area contributed by atoms with Gasteiger partial charge >= 0.3 is 8.56 Å². The fourth-order valence-corrected chi connectivity index (χ4v) is 8.26. The molecule has 0 aromatic carbocycles. The minimum Gasteiger partial charge on any atom is -0.394 e. The van der Waals surface area contributed by atoms with Gasteiger partial charge < -0.3 is 13.6 Å². The molecule has 0 saturated heterocycles. The van der Waals surface area contributed by atoms with Crippen LogP contribution in [0.15, 0.2) is 24.3 Å². The van der Waals surface area contributed by atoms with Gasteiger partial charge in [0.05, 0.1) is 0 Å². The number of allylic oxidation sites excluding steroid dienone is 4. The summed E-state index contributed by atoms with van der Waals surface area (Å²) in [5.74, 6) is 0. The Balaban J connectivity index is 4.14. The Morgan fingerprint density at radius 3 is 1.27 bits per heavy atom. The lowest BCUT2D eigenvalue weighted by molar-refractivity contribution is -0.104. The molecule has 0 rings (SSSR count). The topological polar surface area (TPSA) is 27.7 Å². The first-order chi connectivity index (χ1) is 24.1. The van der Waals surface area contributed by atoms with Crippen LogP contribution in [0, 0.1) is 0 Å². The highest BCUT2D eigenvalue weighted by Crippen LogP contribution is 2.19. The minimum absolute atomic E-state index is 0.108. The van der Waals surface area contributed by atoms with Gasteiger partial charge in [-0.25, -0.2) is 0 Å². The molecular formula is C44H87BrO3Si. The molecule has 0 aromatic rings. The Hall–Kier alpha value is 0.0569. The van der Waals surface area contributed by atoms with Crippen LogP contribution in [-0.2, 0) is 13.6 Å². The van der Waals surface area contributed by atoms with Gasteiger partial charge in [-0.05, 0) is 96.6 Å². The maximum absolute atomic E-state index is 6.59. The second-order valence-electron chi connectivity index (χ2n) is 15.1. The molecule has 0 fully saturated rings. The van der Waals surface area contributed by atoms with Crippen molar-refractivity contribution in [3.63, 3.8) is 0 Å². The minimum atomic E-state index is -2.20. The summed E-state index contributed by atoms with van der Waals surface area (Å²) in [5.41, 5.74) is 0. The molecule has 0 bridgehead atoms. The van der Waals surface area contributed by atoms with Crippen molar-refractivity contribution in [2.75, 3.05) is 18.5 Å². The first-order valence-corrected chi connectivity index (χ1v) is 25.8. The molecule has 0 aliphatic rings. The molecular weight excluding hydrogens is 684 g/mol. The van der Waals surface area contributed by atoms with Crippen molar-refractivity contribution in [1.82, 2.24) is 0 Å². The van der Waals surface area contributed by atoms with E-state index in [9.17, 15) is 0 Å². The number of hydrogen-bond acceptors (Lipinski definition) is 3. The van der Waals surface area contributed by atoms with Gasteiger partial charge in [-0.2, -0.15) is 0 Å². The predicted molar refractivity (Wildman–Crippen MR) is 225 cm³/mol. The third-order valence-electron chi connectivity index (χ3n) is 9.55. The number of hydrogen-bond donors (Lipinski definition) is 0. The van der Waals surface area contributed by atoms with Gasteiger partial charge in [-0.3, -0.25) is 0 Å². The molecule has 0 heterocycles. The fraction of sp³-hybridized carbons (Fsp3) is 0.909. The van der Waals surface area contributed by atoms with Gasteiger partial charge in [-0.1, -0.05) is 176 Å². The van der Waals surface area contributed by atoms with Crippen molar-refractivity contribution in [1.29, 1.82) is 0 Å². The second kappa shape index (κ2) is 40.8. The van der Waals surface area contributed by atoms with Crippen LogP contribution in [0.2, 0.25) is 13.1 Å². The highest BCUT2D eigenvalue weighted by atomic mass is 79.9. The number of halogens is 1. The van der Waals surface area contributed by atoms with E-state index in [0.717, 1.165) is 37.8 Å². The van der Waals surface area contributed by atoms with Gasteiger partial charge in [0.15, 0.2) is 0 Å². The van der Waals surface area contributed by atoms with Crippen LogP contribution < -0.4 is 0 Å². The van der Waals surface area contributed by atoms with E-state index in [2.05, 4.69) is 67.2 Å². The van der Waals surface area contributed by atoms with Crippen molar-refractivity contribution in [2.24, 2.45) is 0 Å². The van der Waals surface area contributed by atoms with E-state index >= 15 is 0 Å². The van der Waals surface area contributed by atoms with E-state index in [1.54, 1.807) is 0 Å². The molecule has 5 heteroatoms. The number of ether oxygens (including phenoxy) is 1. The summed E-state index contributed by atoms with van der Waals surface area (Å²) in [5, 5.41) is 1.10. The molecule has 0 saturated carbocycles. The highest BCUT2D eigenvalue weighted by molar-refractivity contribution is 9.09. The van der Waals surface area contributed by atoms with Crippen LogP contribution in [0.3, 0.4) is 0 Å². The molecule has 3 nitrogen and oxygen atoms in total. The summed E-state index contributed by atoms with van der Waals surface area (Å²) in [6.07, 6.45) is 51.4. The maximum atomic E-state index is 6.59. The molecule has 0 aromatic heterocycles. The van der Waals surface area contributed by atoms with Crippen LogP contribution in [0.1, 0.15) is 219 Å². The molecule has 0 amide bonds. The monoisotopic (exact) mass is 771 g/mol. The van der Waals surface area contributed by atoms with Crippen LogP contribution in [-0.4, -0.2) is 33.4 Å². The molecule has 0 radical (unpaired) electrons. The van der Waals surface area contributed by atoms with Crippen LogP contribution >= 0.6 is 15.9 Å². The zero-order chi connectivity index (χ0) is 35.8.